The second-order valence-corrected chi connectivity index (χ2v) is 7.69. The summed E-state index contributed by atoms with van der Waals surface area (Å²) in [7, 11) is -0.155. The summed E-state index contributed by atoms with van der Waals surface area (Å²) < 4.78 is 31.8. The molecule has 1 aliphatic rings. The van der Waals surface area contributed by atoms with Gasteiger partial charge < -0.3 is 15.4 Å². The lowest BCUT2D eigenvalue weighted by molar-refractivity contribution is -0.126. The second-order valence-electron chi connectivity index (χ2n) is 5.75. The fourth-order valence-corrected chi connectivity index (χ4v) is 4.18. The first kappa shape index (κ1) is 21.7. The average molecular weight is 392 g/mol. The Labute approximate surface area is 155 Å². The van der Waals surface area contributed by atoms with Gasteiger partial charge in [0.05, 0.1) is 12.0 Å². The number of carbonyl (C=O) groups excluding carboxylic acids is 1. The highest BCUT2D eigenvalue weighted by Gasteiger charge is 2.31. The molecule has 1 aromatic carbocycles. The quantitative estimate of drug-likeness (QED) is 0.673. The lowest BCUT2D eigenvalue weighted by atomic mass is 9.97. The molecular weight excluding hydrogens is 366 g/mol. The molecule has 1 aliphatic heterocycles. The second kappa shape index (κ2) is 9.96. The van der Waals surface area contributed by atoms with Crippen molar-refractivity contribution in [2.24, 2.45) is 5.92 Å². The van der Waals surface area contributed by atoms with Gasteiger partial charge >= 0.3 is 0 Å². The summed E-state index contributed by atoms with van der Waals surface area (Å²) in [5, 5.41) is 5.84. The minimum atomic E-state index is -3.52. The van der Waals surface area contributed by atoms with Crippen molar-refractivity contribution < 1.29 is 17.9 Å². The molecule has 9 heteroatoms. The smallest absolute Gasteiger partial charge is 0.243 e. The number of hydrogen-bond acceptors (Lipinski definition) is 5. The van der Waals surface area contributed by atoms with E-state index in [1.54, 1.807) is 24.3 Å². The first-order valence-corrected chi connectivity index (χ1v) is 9.49. The van der Waals surface area contributed by atoms with Gasteiger partial charge in [-0.2, -0.15) is 4.31 Å². The Hall–Kier alpha value is -1.35. The highest BCUT2D eigenvalue weighted by molar-refractivity contribution is 7.89. The maximum Gasteiger partial charge on any atom is 0.243 e. The number of rotatable bonds is 7. The highest BCUT2D eigenvalue weighted by Crippen LogP contribution is 2.25. The van der Waals surface area contributed by atoms with Gasteiger partial charge in [0.1, 0.15) is 5.75 Å². The fraction of sp³-hybridized carbons (Fsp3) is 0.562. The summed E-state index contributed by atoms with van der Waals surface area (Å²) in [5.41, 5.74) is 0. The zero-order chi connectivity index (χ0) is 17.6. The summed E-state index contributed by atoms with van der Waals surface area (Å²) in [5.74, 6) is 0.502. The van der Waals surface area contributed by atoms with Crippen molar-refractivity contribution in [1.29, 1.82) is 0 Å². The number of nitrogens with one attached hydrogen (secondary N) is 2. The van der Waals surface area contributed by atoms with Crippen molar-refractivity contribution in [2.75, 3.05) is 40.3 Å². The lowest BCUT2D eigenvalue weighted by Crippen LogP contribution is -2.43. The summed E-state index contributed by atoms with van der Waals surface area (Å²) in [6.07, 6.45) is 1.08. The van der Waals surface area contributed by atoms with Gasteiger partial charge in [0, 0.05) is 32.1 Å². The number of ether oxygens (including phenoxy) is 1. The largest absolute Gasteiger partial charge is 0.497 e. The minimum Gasteiger partial charge on any atom is -0.497 e. The van der Waals surface area contributed by atoms with E-state index in [0.717, 1.165) is 6.54 Å². The first-order valence-electron chi connectivity index (χ1n) is 8.05. The molecule has 2 rings (SSSR count). The molecule has 0 radical (unpaired) electrons. The Balaban J connectivity index is 0.00000312. The van der Waals surface area contributed by atoms with Gasteiger partial charge in [0.2, 0.25) is 15.9 Å². The molecule has 2 N–H and O–H groups in total. The Bertz CT molecular complexity index is 644. The maximum atomic E-state index is 12.7. The highest BCUT2D eigenvalue weighted by atomic mass is 35.5. The maximum absolute atomic E-state index is 12.7. The third-order valence-electron chi connectivity index (χ3n) is 4.20. The van der Waals surface area contributed by atoms with Crippen LogP contribution in [-0.4, -0.2) is 59.0 Å². The molecule has 0 aliphatic carbocycles. The molecule has 0 bridgehead atoms. The van der Waals surface area contributed by atoms with Crippen molar-refractivity contribution in [2.45, 2.75) is 17.7 Å². The standard InChI is InChI=1S/C16H25N3O4S.ClH/c1-17-9-10-18-16(20)13-7-11-19(12-8-13)24(21,22)15-5-3-14(23-2)4-6-15;/h3-6,13,17H,7-12H2,1-2H3,(H,18,20);1H. The van der Waals surface area contributed by atoms with Gasteiger partial charge in [-0.25, -0.2) is 8.42 Å². The molecule has 0 aromatic heterocycles. The van der Waals surface area contributed by atoms with Crippen molar-refractivity contribution in [1.82, 2.24) is 14.9 Å². The Morgan fingerprint density at radius 2 is 1.80 bits per heavy atom. The fourth-order valence-electron chi connectivity index (χ4n) is 2.71. The number of sulfonamides is 1. The molecule has 25 heavy (non-hydrogen) atoms. The number of piperidine rings is 1. The molecule has 1 saturated heterocycles. The monoisotopic (exact) mass is 391 g/mol. The van der Waals surface area contributed by atoms with Gasteiger partial charge in [-0.1, -0.05) is 0 Å². The first-order chi connectivity index (χ1) is 11.5. The molecule has 1 amide bonds. The van der Waals surface area contributed by atoms with Crippen molar-refractivity contribution in [3.05, 3.63) is 24.3 Å². The van der Waals surface area contributed by atoms with Crippen LogP contribution < -0.4 is 15.4 Å². The van der Waals surface area contributed by atoms with E-state index >= 15 is 0 Å². The summed E-state index contributed by atoms with van der Waals surface area (Å²) >= 11 is 0. The van der Waals surface area contributed by atoms with Crippen LogP contribution in [0.15, 0.2) is 29.2 Å². The number of methoxy groups -OCH3 is 1. The van der Waals surface area contributed by atoms with Crippen LogP contribution >= 0.6 is 12.4 Å². The Morgan fingerprint density at radius 1 is 1.20 bits per heavy atom. The third kappa shape index (κ3) is 5.57. The Kier molecular flexibility index (Phi) is 8.64. The average Bonchev–Trinajstić information content (AvgIpc) is 2.62. The molecule has 1 aromatic rings. The number of carbonyl (C=O) groups is 1. The van der Waals surface area contributed by atoms with Crippen molar-refractivity contribution in [3.63, 3.8) is 0 Å². The molecule has 0 atom stereocenters. The molecule has 142 valence electrons. The minimum absolute atomic E-state index is 0. The van der Waals surface area contributed by atoms with E-state index in [4.69, 9.17) is 4.74 Å². The van der Waals surface area contributed by atoms with Crippen LogP contribution in [-0.2, 0) is 14.8 Å². The molecule has 7 nitrogen and oxygen atoms in total. The predicted octanol–water partition coefficient (Wildman–Crippen LogP) is 0.853. The number of likely N-dealkylation sites (N-methyl/N-ethyl adjacent to an activating group) is 1. The van der Waals surface area contributed by atoms with Gasteiger partial charge in [0.25, 0.3) is 0 Å². The summed E-state index contributed by atoms with van der Waals surface area (Å²) in [6, 6.07) is 6.36. The van der Waals surface area contributed by atoms with Gasteiger partial charge in [-0.3, -0.25) is 4.79 Å². The normalized spacial score (nSPS) is 16.1. The van der Waals surface area contributed by atoms with E-state index in [1.807, 2.05) is 7.05 Å². The van der Waals surface area contributed by atoms with Gasteiger partial charge in [-0.05, 0) is 44.2 Å². The molecule has 0 spiro atoms. The summed E-state index contributed by atoms with van der Waals surface area (Å²) in [4.78, 5) is 12.3. The topological polar surface area (TPSA) is 87.7 Å². The van der Waals surface area contributed by atoms with Crippen LogP contribution in [0.25, 0.3) is 0 Å². The van der Waals surface area contributed by atoms with E-state index in [1.165, 1.54) is 11.4 Å². The third-order valence-corrected chi connectivity index (χ3v) is 6.11. The van der Waals surface area contributed by atoms with Crippen LogP contribution in [0.1, 0.15) is 12.8 Å². The number of halogens is 1. The zero-order valence-electron chi connectivity index (χ0n) is 14.5. The SMILES string of the molecule is CNCCNC(=O)C1CCN(S(=O)(=O)c2ccc(OC)cc2)CC1.Cl. The molecule has 0 unspecified atom stereocenters. The lowest BCUT2D eigenvalue weighted by Gasteiger charge is -2.30. The van der Waals surface area contributed by atoms with E-state index in [-0.39, 0.29) is 29.1 Å². The number of amides is 1. The van der Waals surface area contributed by atoms with E-state index in [0.29, 0.717) is 38.2 Å². The van der Waals surface area contributed by atoms with Gasteiger partial charge in [0.15, 0.2) is 0 Å². The van der Waals surface area contributed by atoms with Crippen LogP contribution in [0, 0.1) is 5.92 Å². The molecule has 1 heterocycles. The van der Waals surface area contributed by atoms with Crippen molar-refractivity contribution in [3.8, 4) is 5.75 Å². The number of benzene rings is 1. The van der Waals surface area contributed by atoms with E-state index in [2.05, 4.69) is 10.6 Å². The molecule has 0 saturated carbocycles. The van der Waals surface area contributed by atoms with E-state index in [9.17, 15) is 13.2 Å². The predicted molar refractivity (Wildman–Crippen MR) is 98.7 cm³/mol. The van der Waals surface area contributed by atoms with Crippen LogP contribution in [0.5, 0.6) is 5.75 Å². The van der Waals surface area contributed by atoms with Crippen LogP contribution in [0.2, 0.25) is 0 Å². The zero-order valence-corrected chi connectivity index (χ0v) is 16.2. The van der Waals surface area contributed by atoms with E-state index < -0.39 is 10.0 Å². The van der Waals surface area contributed by atoms with Crippen LogP contribution in [0.4, 0.5) is 0 Å². The van der Waals surface area contributed by atoms with Crippen LogP contribution in [0.3, 0.4) is 0 Å². The number of hydrogen-bond donors (Lipinski definition) is 2. The Morgan fingerprint density at radius 3 is 2.32 bits per heavy atom. The molecule has 1 fully saturated rings. The molecular formula is C16H26ClN3O4S. The number of nitrogens with zero attached hydrogens (tertiary/aromatic N) is 1. The summed E-state index contributed by atoms with van der Waals surface area (Å²) in [6.45, 7) is 2.02. The van der Waals surface area contributed by atoms with Crippen molar-refractivity contribution >= 4 is 28.3 Å². The van der Waals surface area contributed by atoms with Gasteiger partial charge in [-0.15, -0.1) is 12.4 Å².